The van der Waals surface area contributed by atoms with Crippen LogP contribution in [0.2, 0.25) is 0 Å². The number of nitrogens with zero attached hydrogens (tertiary/aromatic N) is 2. The van der Waals surface area contributed by atoms with E-state index < -0.39 is 0 Å². The Morgan fingerprint density at radius 1 is 1.17 bits per heavy atom. The topological polar surface area (TPSA) is 37.3 Å². The summed E-state index contributed by atoms with van der Waals surface area (Å²) >= 11 is 0. The van der Waals surface area contributed by atoms with Gasteiger partial charge in [-0.1, -0.05) is 12.1 Å². The standard InChI is InChI=1S/C23H26FN3O.ClH/c1-15-16(2)27(13-17-4-7-19(24)8-5-17)22-9-6-18(12-21(15)22)23(28)25-20-10-11-26(3)14-20;/h4-9,12,20H,10-11,13-14H2,1-3H3,(H,25,28);1H. The molecule has 0 radical (unpaired) electrons. The summed E-state index contributed by atoms with van der Waals surface area (Å²) in [4.78, 5) is 14.9. The van der Waals surface area contributed by atoms with Gasteiger partial charge >= 0.3 is 0 Å². The number of likely N-dealkylation sites (N-methyl/N-ethyl adjacent to an activating group) is 1. The lowest BCUT2D eigenvalue weighted by molar-refractivity contribution is 0.0938. The van der Waals surface area contributed by atoms with Crippen LogP contribution in [0.15, 0.2) is 42.5 Å². The molecule has 0 saturated carbocycles. The summed E-state index contributed by atoms with van der Waals surface area (Å²) < 4.78 is 15.4. The average Bonchev–Trinajstić information content (AvgIpc) is 3.19. The molecule has 29 heavy (non-hydrogen) atoms. The van der Waals surface area contributed by atoms with Gasteiger partial charge in [0.2, 0.25) is 0 Å². The Morgan fingerprint density at radius 2 is 1.90 bits per heavy atom. The third-order valence-corrected chi connectivity index (χ3v) is 5.88. The highest BCUT2D eigenvalue weighted by molar-refractivity contribution is 5.99. The predicted molar refractivity (Wildman–Crippen MR) is 118 cm³/mol. The first-order valence-electron chi connectivity index (χ1n) is 9.75. The van der Waals surface area contributed by atoms with E-state index in [0.717, 1.165) is 41.7 Å². The Bertz CT molecular complexity index is 1030. The molecule has 1 aliphatic rings. The summed E-state index contributed by atoms with van der Waals surface area (Å²) in [7, 11) is 2.08. The van der Waals surface area contributed by atoms with Gasteiger partial charge in [0, 0.05) is 41.3 Å². The second-order valence-corrected chi connectivity index (χ2v) is 7.88. The molecular weight excluding hydrogens is 389 g/mol. The molecule has 4 nitrogen and oxygen atoms in total. The van der Waals surface area contributed by atoms with Gasteiger partial charge in [-0.3, -0.25) is 4.79 Å². The summed E-state index contributed by atoms with van der Waals surface area (Å²) in [5, 5.41) is 4.25. The summed E-state index contributed by atoms with van der Waals surface area (Å²) in [5.41, 5.74) is 5.18. The fourth-order valence-corrected chi connectivity index (χ4v) is 4.09. The second-order valence-electron chi connectivity index (χ2n) is 7.88. The van der Waals surface area contributed by atoms with E-state index in [1.165, 1.54) is 17.7 Å². The molecule has 0 aliphatic carbocycles. The lowest BCUT2D eigenvalue weighted by Gasteiger charge is -2.13. The zero-order valence-corrected chi connectivity index (χ0v) is 17.9. The van der Waals surface area contributed by atoms with Gasteiger partial charge in [-0.2, -0.15) is 0 Å². The van der Waals surface area contributed by atoms with Crippen molar-refractivity contribution in [3.63, 3.8) is 0 Å². The summed E-state index contributed by atoms with van der Waals surface area (Å²) in [6.45, 7) is 6.78. The van der Waals surface area contributed by atoms with E-state index in [4.69, 9.17) is 0 Å². The lowest BCUT2D eigenvalue weighted by Crippen LogP contribution is -2.36. The first-order valence-corrected chi connectivity index (χ1v) is 9.75. The molecule has 1 unspecified atom stereocenters. The number of amides is 1. The van der Waals surface area contributed by atoms with Gasteiger partial charge in [-0.25, -0.2) is 4.39 Å². The van der Waals surface area contributed by atoms with Crippen molar-refractivity contribution >= 4 is 29.2 Å². The maximum Gasteiger partial charge on any atom is 0.251 e. The van der Waals surface area contributed by atoms with E-state index in [9.17, 15) is 9.18 Å². The summed E-state index contributed by atoms with van der Waals surface area (Å²) in [6, 6.07) is 12.8. The minimum atomic E-state index is -0.224. The normalized spacial score (nSPS) is 16.8. The molecule has 0 bridgehead atoms. The van der Waals surface area contributed by atoms with Crippen LogP contribution >= 0.6 is 12.4 Å². The molecule has 1 saturated heterocycles. The van der Waals surface area contributed by atoms with E-state index in [1.54, 1.807) is 0 Å². The number of hydrogen-bond donors (Lipinski definition) is 1. The molecule has 1 aromatic heterocycles. The molecule has 1 amide bonds. The molecule has 1 aliphatic heterocycles. The predicted octanol–water partition coefficient (Wildman–Crippen LogP) is 4.30. The van der Waals surface area contributed by atoms with Crippen LogP contribution in [0.25, 0.3) is 10.9 Å². The van der Waals surface area contributed by atoms with Gasteiger partial charge in [0.1, 0.15) is 5.82 Å². The molecule has 3 aromatic rings. The van der Waals surface area contributed by atoms with Crippen molar-refractivity contribution in [1.29, 1.82) is 0 Å². The molecule has 1 fully saturated rings. The first kappa shape index (κ1) is 21.3. The summed E-state index contributed by atoms with van der Waals surface area (Å²) in [5.74, 6) is -0.233. The quantitative estimate of drug-likeness (QED) is 0.689. The minimum Gasteiger partial charge on any atom is -0.348 e. The van der Waals surface area contributed by atoms with Crippen LogP contribution in [0, 0.1) is 19.7 Å². The lowest BCUT2D eigenvalue weighted by atomic mass is 10.1. The fourth-order valence-electron chi connectivity index (χ4n) is 4.09. The van der Waals surface area contributed by atoms with Gasteiger partial charge in [-0.05, 0) is 75.3 Å². The molecule has 1 atom stereocenters. The Hall–Kier alpha value is -2.37. The maximum absolute atomic E-state index is 13.2. The van der Waals surface area contributed by atoms with Crippen LogP contribution in [-0.2, 0) is 6.54 Å². The van der Waals surface area contributed by atoms with Crippen LogP contribution in [0.1, 0.15) is 33.6 Å². The molecule has 4 rings (SSSR count). The molecule has 2 heterocycles. The highest BCUT2D eigenvalue weighted by Gasteiger charge is 2.22. The Kier molecular flexibility index (Phi) is 6.30. The number of hydrogen-bond acceptors (Lipinski definition) is 2. The van der Waals surface area contributed by atoms with Crippen molar-refractivity contribution in [3.05, 3.63) is 70.7 Å². The molecular formula is C23H27ClFN3O. The van der Waals surface area contributed by atoms with Crippen LogP contribution in [0.3, 0.4) is 0 Å². The van der Waals surface area contributed by atoms with Crippen molar-refractivity contribution in [3.8, 4) is 0 Å². The molecule has 6 heteroatoms. The Morgan fingerprint density at radius 3 is 2.55 bits per heavy atom. The monoisotopic (exact) mass is 415 g/mol. The second kappa shape index (κ2) is 8.56. The minimum absolute atomic E-state index is 0. The van der Waals surface area contributed by atoms with Gasteiger partial charge < -0.3 is 14.8 Å². The number of rotatable bonds is 4. The number of carbonyl (C=O) groups excluding carboxylic acids is 1. The number of aryl methyl sites for hydroxylation is 1. The van der Waals surface area contributed by atoms with Gasteiger partial charge in [0.25, 0.3) is 5.91 Å². The number of nitrogens with one attached hydrogen (secondary N) is 1. The van der Waals surface area contributed by atoms with E-state index >= 15 is 0 Å². The number of halogens is 2. The third kappa shape index (κ3) is 4.31. The zero-order chi connectivity index (χ0) is 19.8. The smallest absolute Gasteiger partial charge is 0.251 e. The van der Waals surface area contributed by atoms with Crippen LogP contribution in [0.4, 0.5) is 4.39 Å². The van der Waals surface area contributed by atoms with E-state index in [2.05, 4.69) is 35.7 Å². The molecule has 1 N–H and O–H groups in total. The average molecular weight is 416 g/mol. The largest absolute Gasteiger partial charge is 0.348 e. The number of likely N-dealkylation sites (tertiary alicyclic amines) is 1. The van der Waals surface area contributed by atoms with Crippen molar-refractivity contribution in [2.45, 2.75) is 32.9 Å². The summed E-state index contributed by atoms with van der Waals surface area (Å²) in [6.07, 6.45) is 0.997. The Balaban J connectivity index is 0.00000240. The van der Waals surface area contributed by atoms with Crippen molar-refractivity contribution < 1.29 is 9.18 Å². The number of benzene rings is 2. The van der Waals surface area contributed by atoms with Crippen LogP contribution in [-0.4, -0.2) is 41.6 Å². The zero-order valence-electron chi connectivity index (χ0n) is 17.0. The van der Waals surface area contributed by atoms with E-state index in [-0.39, 0.29) is 30.2 Å². The van der Waals surface area contributed by atoms with Gasteiger partial charge in [0.15, 0.2) is 0 Å². The van der Waals surface area contributed by atoms with Crippen molar-refractivity contribution in [1.82, 2.24) is 14.8 Å². The molecule has 0 spiro atoms. The van der Waals surface area contributed by atoms with Gasteiger partial charge in [-0.15, -0.1) is 12.4 Å². The van der Waals surface area contributed by atoms with Gasteiger partial charge in [0.05, 0.1) is 0 Å². The highest BCUT2D eigenvalue weighted by Crippen LogP contribution is 2.27. The molecule has 154 valence electrons. The van der Waals surface area contributed by atoms with E-state index in [1.807, 2.05) is 30.3 Å². The molecule has 2 aromatic carbocycles. The fraction of sp³-hybridized carbons (Fsp3) is 0.348. The van der Waals surface area contributed by atoms with Crippen LogP contribution in [0.5, 0.6) is 0 Å². The number of carbonyl (C=O) groups is 1. The Labute approximate surface area is 177 Å². The third-order valence-electron chi connectivity index (χ3n) is 5.88. The van der Waals surface area contributed by atoms with Crippen molar-refractivity contribution in [2.24, 2.45) is 0 Å². The number of aromatic nitrogens is 1. The van der Waals surface area contributed by atoms with Crippen LogP contribution < -0.4 is 5.32 Å². The number of fused-ring (bicyclic) bond motifs is 1. The van der Waals surface area contributed by atoms with Crippen molar-refractivity contribution in [2.75, 3.05) is 20.1 Å². The first-order chi connectivity index (χ1) is 13.4. The maximum atomic E-state index is 13.2. The highest BCUT2D eigenvalue weighted by atomic mass is 35.5. The SMILES string of the molecule is Cc1c(C)n(Cc2ccc(F)cc2)c2ccc(C(=O)NC3CCN(C)C3)cc12.Cl. The van der Waals surface area contributed by atoms with E-state index in [0.29, 0.717) is 12.1 Å².